The average Bonchev–Trinajstić information content (AvgIpc) is 2.45. The summed E-state index contributed by atoms with van der Waals surface area (Å²) in [5.74, 6) is -0.243. The van der Waals surface area contributed by atoms with Crippen LogP contribution in [0.2, 0.25) is 0 Å². The van der Waals surface area contributed by atoms with Crippen molar-refractivity contribution in [2.24, 2.45) is 0 Å². The predicted molar refractivity (Wildman–Crippen MR) is 71.9 cm³/mol. The van der Waals surface area contributed by atoms with Gasteiger partial charge < -0.3 is 15.5 Å². The second-order valence-electron chi connectivity index (χ2n) is 3.72. The number of benzene rings is 1. The van der Waals surface area contributed by atoms with Gasteiger partial charge >= 0.3 is 5.69 Å². The van der Waals surface area contributed by atoms with E-state index in [2.05, 4.69) is 11.2 Å². The van der Waals surface area contributed by atoms with Gasteiger partial charge in [-0.1, -0.05) is 5.92 Å². The number of nitro groups is 1. The molecule has 0 saturated carbocycles. The molecule has 3 N–H and O–H groups in total. The van der Waals surface area contributed by atoms with Crippen LogP contribution in [0.1, 0.15) is 5.56 Å². The number of carbonyl (C=O) groups is 1. The zero-order chi connectivity index (χ0) is 16.0. The van der Waals surface area contributed by atoms with Crippen molar-refractivity contribution in [3.8, 4) is 29.9 Å². The van der Waals surface area contributed by atoms with Crippen LogP contribution in [0.5, 0.6) is 11.5 Å². The van der Waals surface area contributed by atoms with Crippen LogP contribution >= 0.6 is 0 Å². The number of phenolic OH excluding ortho intramolecular Hbond substituents is 2. The number of carbonyl (C=O) groups excluding carboxylic acids is 1. The lowest BCUT2D eigenvalue weighted by Crippen LogP contribution is -2.24. The van der Waals surface area contributed by atoms with E-state index in [0.29, 0.717) is 0 Å². The fourth-order valence-electron chi connectivity index (χ4n) is 1.39. The Bertz CT molecular complexity index is 710. The minimum Gasteiger partial charge on any atom is -0.504 e. The third-order valence-electron chi connectivity index (χ3n) is 2.32. The molecule has 0 atom stereocenters. The second-order valence-corrected chi connectivity index (χ2v) is 3.72. The molecule has 0 fully saturated rings. The Morgan fingerprint density at radius 2 is 2.19 bits per heavy atom. The van der Waals surface area contributed by atoms with Crippen molar-refractivity contribution in [2.75, 3.05) is 6.54 Å². The maximum atomic E-state index is 11.6. The van der Waals surface area contributed by atoms with Gasteiger partial charge in [-0.3, -0.25) is 14.9 Å². The first-order chi connectivity index (χ1) is 9.90. The second kappa shape index (κ2) is 6.59. The molecule has 0 heterocycles. The summed E-state index contributed by atoms with van der Waals surface area (Å²) < 4.78 is 0. The van der Waals surface area contributed by atoms with Gasteiger partial charge in [0.15, 0.2) is 5.75 Å². The van der Waals surface area contributed by atoms with Crippen LogP contribution in [0.15, 0.2) is 17.7 Å². The molecule has 1 aromatic carbocycles. The number of nitriles is 1. The van der Waals surface area contributed by atoms with E-state index in [1.54, 1.807) is 6.07 Å². The minimum atomic E-state index is -0.906. The smallest absolute Gasteiger partial charge is 0.315 e. The largest absolute Gasteiger partial charge is 0.504 e. The molecule has 0 bridgehead atoms. The van der Waals surface area contributed by atoms with E-state index < -0.39 is 28.0 Å². The van der Waals surface area contributed by atoms with Crippen molar-refractivity contribution in [3.05, 3.63) is 33.4 Å². The van der Waals surface area contributed by atoms with E-state index in [4.69, 9.17) is 11.7 Å². The number of phenols is 2. The lowest BCUT2D eigenvalue weighted by atomic mass is 10.1. The summed E-state index contributed by atoms with van der Waals surface area (Å²) in [7, 11) is 0. The van der Waals surface area contributed by atoms with Crippen molar-refractivity contribution >= 4 is 17.7 Å². The summed E-state index contributed by atoms with van der Waals surface area (Å²) in [6.45, 7) is -0.0845. The summed E-state index contributed by atoms with van der Waals surface area (Å²) in [4.78, 5) is 21.4. The normalized spacial score (nSPS) is 10.3. The first kappa shape index (κ1) is 15.5. The molecular weight excluding hydrogens is 278 g/mol. The fraction of sp³-hybridized carbons (Fsp3) is 0.0769. The molecule has 0 aliphatic carbocycles. The van der Waals surface area contributed by atoms with Crippen molar-refractivity contribution < 1.29 is 19.9 Å². The minimum absolute atomic E-state index is 0.00408. The van der Waals surface area contributed by atoms with Gasteiger partial charge in [-0.15, -0.1) is 6.42 Å². The maximum Gasteiger partial charge on any atom is 0.315 e. The van der Waals surface area contributed by atoms with E-state index in [9.17, 15) is 25.1 Å². The molecule has 0 aliphatic heterocycles. The summed E-state index contributed by atoms with van der Waals surface area (Å²) in [6.07, 6.45) is 5.98. The molecule has 0 aliphatic rings. The molecule has 1 aromatic rings. The van der Waals surface area contributed by atoms with E-state index in [0.717, 1.165) is 18.2 Å². The highest BCUT2D eigenvalue weighted by molar-refractivity contribution is 6.01. The maximum absolute atomic E-state index is 11.6. The van der Waals surface area contributed by atoms with Gasteiger partial charge in [0.25, 0.3) is 5.91 Å². The molecule has 8 nitrogen and oxygen atoms in total. The highest BCUT2D eigenvalue weighted by Crippen LogP contribution is 2.36. The number of aromatic hydroxyl groups is 2. The lowest BCUT2D eigenvalue weighted by molar-refractivity contribution is -0.386. The van der Waals surface area contributed by atoms with Crippen LogP contribution in [0.25, 0.3) is 6.08 Å². The Labute approximate surface area is 119 Å². The highest BCUT2D eigenvalue weighted by atomic mass is 16.6. The van der Waals surface area contributed by atoms with Crippen LogP contribution in [-0.2, 0) is 4.79 Å². The summed E-state index contributed by atoms with van der Waals surface area (Å²) >= 11 is 0. The number of terminal acetylenes is 1. The number of hydrogen-bond donors (Lipinski definition) is 3. The summed E-state index contributed by atoms with van der Waals surface area (Å²) in [6, 6.07) is 3.51. The van der Waals surface area contributed by atoms with Crippen molar-refractivity contribution in [1.82, 2.24) is 5.32 Å². The monoisotopic (exact) mass is 287 g/mol. The van der Waals surface area contributed by atoms with Gasteiger partial charge in [0.05, 0.1) is 11.5 Å². The Morgan fingerprint density at radius 3 is 2.71 bits per heavy atom. The standard InChI is InChI=1S/C13H9N3O5/c1-2-3-15-13(19)9(7-14)4-8-5-10(16(20)21)12(18)11(17)6-8/h1,4-6,17-18H,3H2,(H,15,19)/b9-4+. The number of rotatable bonds is 4. The van der Waals surface area contributed by atoms with E-state index >= 15 is 0 Å². The van der Waals surface area contributed by atoms with Crippen molar-refractivity contribution in [3.63, 3.8) is 0 Å². The van der Waals surface area contributed by atoms with Crippen LogP contribution in [0.3, 0.4) is 0 Å². The molecule has 0 spiro atoms. The Kier molecular flexibility index (Phi) is 4.88. The van der Waals surface area contributed by atoms with Gasteiger partial charge in [-0.25, -0.2) is 0 Å². The molecule has 0 unspecified atom stereocenters. The molecule has 8 heteroatoms. The van der Waals surface area contributed by atoms with Crippen LogP contribution < -0.4 is 5.32 Å². The fourth-order valence-corrected chi connectivity index (χ4v) is 1.39. The van der Waals surface area contributed by atoms with Crippen LogP contribution in [0, 0.1) is 33.8 Å². The third kappa shape index (κ3) is 3.72. The van der Waals surface area contributed by atoms with Gasteiger partial charge in [-0.05, 0) is 17.7 Å². The van der Waals surface area contributed by atoms with Crippen molar-refractivity contribution in [1.29, 1.82) is 5.26 Å². The molecule has 1 rings (SSSR count). The van der Waals surface area contributed by atoms with Gasteiger partial charge in [0.1, 0.15) is 11.6 Å². The molecule has 0 aromatic heterocycles. The Hall–Kier alpha value is -3.52. The number of hydrogen-bond acceptors (Lipinski definition) is 6. The first-order valence-electron chi connectivity index (χ1n) is 5.44. The zero-order valence-electron chi connectivity index (χ0n) is 10.5. The van der Waals surface area contributed by atoms with Crippen molar-refractivity contribution in [2.45, 2.75) is 0 Å². The lowest BCUT2D eigenvalue weighted by Gasteiger charge is -2.03. The third-order valence-corrected chi connectivity index (χ3v) is 2.32. The summed E-state index contributed by atoms with van der Waals surface area (Å²) in [5.41, 5.74) is -1.10. The number of nitrogens with one attached hydrogen (secondary N) is 1. The number of amides is 1. The zero-order valence-corrected chi connectivity index (χ0v) is 10.5. The Morgan fingerprint density at radius 1 is 1.52 bits per heavy atom. The molecular formula is C13H9N3O5. The molecule has 1 amide bonds. The van der Waals surface area contributed by atoms with E-state index in [1.165, 1.54) is 0 Å². The van der Waals surface area contributed by atoms with E-state index in [-0.39, 0.29) is 17.7 Å². The van der Waals surface area contributed by atoms with Gasteiger partial charge in [-0.2, -0.15) is 5.26 Å². The van der Waals surface area contributed by atoms with Gasteiger partial charge in [0.2, 0.25) is 5.75 Å². The summed E-state index contributed by atoms with van der Waals surface area (Å²) in [5, 5.41) is 40.6. The predicted octanol–water partition coefficient (Wildman–Crippen LogP) is 0.662. The topological polar surface area (TPSA) is 136 Å². The SMILES string of the molecule is C#CCNC(=O)/C(C#N)=C/c1cc(O)c(O)c([N+](=O)[O-])c1. The molecule has 0 radical (unpaired) electrons. The highest BCUT2D eigenvalue weighted by Gasteiger charge is 2.19. The van der Waals surface area contributed by atoms with E-state index in [1.807, 2.05) is 0 Å². The molecule has 21 heavy (non-hydrogen) atoms. The molecule has 106 valence electrons. The van der Waals surface area contributed by atoms with Crippen LogP contribution in [0.4, 0.5) is 5.69 Å². The Balaban J connectivity index is 3.25. The average molecular weight is 287 g/mol. The van der Waals surface area contributed by atoms with Crippen LogP contribution in [-0.4, -0.2) is 27.6 Å². The number of nitro benzene ring substituents is 1. The molecule has 0 saturated heterocycles. The van der Waals surface area contributed by atoms with Gasteiger partial charge in [0, 0.05) is 6.07 Å². The first-order valence-corrected chi connectivity index (χ1v) is 5.44. The number of nitrogens with zero attached hydrogens (tertiary/aromatic N) is 2. The quantitative estimate of drug-likeness (QED) is 0.186.